The van der Waals surface area contributed by atoms with Crippen LogP contribution in [0.25, 0.3) is 0 Å². The molecule has 0 unspecified atom stereocenters. The van der Waals surface area contributed by atoms with E-state index >= 15 is 0 Å². The summed E-state index contributed by atoms with van der Waals surface area (Å²) in [6.45, 7) is 3.52. The van der Waals surface area contributed by atoms with Crippen molar-refractivity contribution in [2.75, 3.05) is 44.7 Å². The summed E-state index contributed by atoms with van der Waals surface area (Å²) in [5.41, 5.74) is 1.67. The number of para-hydroxylation sites is 1. The molecule has 1 atom stereocenters. The highest BCUT2D eigenvalue weighted by Crippen LogP contribution is 2.47. The van der Waals surface area contributed by atoms with E-state index in [1.807, 2.05) is 30.1 Å². The van der Waals surface area contributed by atoms with Crippen molar-refractivity contribution < 1.29 is 14.3 Å². The molecule has 0 bridgehead atoms. The number of hydrogen-bond donors (Lipinski definition) is 1. The lowest BCUT2D eigenvalue weighted by molar-refractivity contribution is -0.138. The second-order valence-electron chi connectivity index (χ2n) is 7.25. The van der Waals surface area contributed by atoms with Crippen LogP contribution in [-0.4, -0.2) is 62.7 Å². The Balaban J connectivity index is 1.44. The van der Waals surface area contributed by atoms with Crippen LogP contribution in [0.15, 0.2) is 24.3 Å². The number of morpholine rings is 1. The maximum atomic E-state index is 12.9. The Morgan fingerprint density at radius 3 is 2.80 bits per heavy atom. The number of piperidine rings is 1. The van der Waals surface area contributed by atoms with E-state index in [4.69, 9.17) is 4.74 Å². The van der Waals surface area contributed by atoms with Gasteiger partial charge in [0.2, 0.25) is 11.8 Å². The number of amides is 2. The molecule has 0 radical (unpaired) electrons. The molecule has 2 fully saturated rings. The summed E-state index contributed by atoms with van der Waals surface area (Å²) in [6.07, 6.45) is 1.78. The number of anilines is 1. The monoisotopic (exact) mass is 343 g/mol. The molecule has 3 aliphatic heterocycles. The zero-order chi connectivity index (χ0) is 17.4. The molecule has 1 aromatic rings. The van der Waals surface area contributed by atoms with Crippen LogP contribution in [0.4, 0.5) is 5.69 Å². The van der Waals surface area contributed by atoms with Crippen molar-refractivity contribution >= 4 is 17.5 Å². The van der Waals surface area contributed by atoms with Crippen LogP contribution < -0.4 is 10.2 Å². The van der Waals surface area contributed by atoms with Crippen LogP contribution in [0.2, 0.25) is 0 Å². The molecule has 3 heterocycles. The van der Waals surface area contributed by atoms with Gasteiger partial charge in [-0.25, -0.2) is 0 Å². The highest BCUT2D eigenvalue weighted by molar-refractivity contribution is 6.07. The number of fused-ring (bicyclic) bond motifs is 2. The Bertz CT molecular complexity index is 676. The Morgan fingerprint density at radius 1 is 1.32 bits per heavy atom. The zero-order valence-corrected chi connectivity index (χ0v) is 14.7. The fourth-order valence-corrected chi connectivity index (χ4v) is 4.41. The smallest absolute Gasteiger partial charge is 0.237 e. The Morgan fingerprint density at radius 2 is 2.08 bits per heavy atom. The first kappa shape index (κ1) is 16.5. The first-order valence-corrected chi connectivity index (χ1v) is 9.09. The van der Waals surface area contributed by atoms with Gasteiger partial charge in [0.05, 0.1) is 24.5 Å². The van der Waals surface area contributed by atoms with Gasteiger partial charge in [0.15, 0.2) is 0 Å². The summed E-state index contributed by atoms with van der Waals surface area (Å²) < 4.78 is 5.64. The van der Waals surface area contributed by atoms with Gasteiger partial charge in [-0.15, -0.1) is 0 Å². The molecule has 3 aliphatic rings. The normalized spacial score (nSPS) is 25.3. The molecule has 6 nitrogen and oxygen atoms in total. The van der Waals surface area contributed by atoms with Crippen molar-refractivity contribution in [2.45, 2.75) is 30.8 Å². The molecule has 1 spiro atoms. The summed E-state index contributed by atoms with van der Waals surface area (Å²) in [6, 6.07) is 8.04. The number of likely N-dealkylation sites (N-methyl/N-ethyl adjacent to an activating group) is 1. The lowest BCUT2D eigenvalue weighted by atomic mass is 9.73. The molecular formula is C19H25N3O3. The molecule has 0 saturated carbocycles. The van der Waals surface area contributed by atoms with Gasteiger partial charge >= 0.3 is 0 Å². The van der Waals surface area contributed by atoms with E-state index in [0.29, 0.717) is 39.0 Å². The van der Waals surface area contributed by atoms with Crippen molar-refractivity contribution in [1.82, 2.24) is 10.2 Å². The average molecular weight is 343 g/mol. The number of nitrogens with one attached hydrogen (secondary N) is 1. The maximum Gasteiger partial charge on any atom is 0.237 e. The van der Waals surface area contributed by atoms with E-state index in [2.05, 4.69) is 11.4 Å². The topological polar surface area (TPSA) is 61.9 Å². The number of carbonyl (C=O) groups excluding carboxylic acids is 2. The molecule has 0 aliphatic carbocycles. The molecule has 0 aromatic heterocycles. The highest BCUT2D eigenvalue weighted by Gasteiger charge is 2.51. The molecule has 4 rings (SSSR count). The van der Waals surface area contributed by atoms with Crippen LogP contribution in [0.3, 0.4) is 0 Å². The lowest BCUT2D eigenvalue weighted by Gasteiger charge is -2.39. The third-order valence-electron chi connectivity index (χ3n) is 5.87. The molecule has 6 heteroatoms. The molecular weight excluding hydrogens is 318 g/mol. The first-order valence-electron chi connectivity index (χ1n) is 9.09. The second-order valence-corrected chi connectivity index (χ2v) is 7.25. The number of nitrogens with zero attached hydrogens (tertiary/aromatic N) is 2. The summed E-state index contributed by atoms with van der Waals surface area (Å²) >= 11 is 0. The van der Waals surface area contributed by atoms with Crippen molar-refractivity contribution in [2.24, 2.45) is 0 Å². The number of benzene rings is 1. The lowest BCUT2D eigenvalue weighted by Crippen LogP contribution is -2.50. The van der Waals surface area contributed by atoms with Gasteiger partial charge in [-0.1, -0.05) is 18.2 Å². The van der Waals surface area contributed by atoms with Crippen LogP contribution in [0, 0.1) is 0 Å². The Hall–Kier alpha value is -1.92. The number of rotatable bonds is 2. The van der Waals surface area contributed by atoms with Gasteiger partial charge < -0.3 is 19.9 Å². The minimum atomic E-state index is -0.453. The van der Waals surface area contributed by atoms with Crippen LogP contribution in [-0.2, 0) is 19.7 Å². The van der Waals surface area contributed by atoms with Crippen LogP contribution >= 0.6 is 0 Å². The number of hydrogen-bond acceptors (Lipinski definition) is 4. The average Bonchev–Trinajstić information content (AvgIpc) is 2.86. The quantitative estimate of drug-likeness (QED) is 0.867. The van der Waals surface area contributed by atoms with Gasteiger partial charge in [0.25, 0.3) is 0 Å². The third kappa shape index (κ3) is 2.73. The highest BCUT2D eigenvalue weighted by atomic mass is 16.5. The number of likely N-dealkylation sites (tertiary alicyclic amines) is 1. The van der Waals surface area contributed by atoms with Gasteiger partial charge in [0.1, 0.15) is 0 Å². The summed E-state index contributed by atoms with van der Waals surface area (Å²) in [7, 11) is 1.85. The van der Waals surface area contributed by atoms with E-state index in [9.17, 15) is 9.59 Å². The molecule has 2 amide bonds. The van der Waals surface area contributed by atoms with E-state index < -0.39 is 5.41 Å². The number of ether oxygens (including phenoxy) is 1. The molecule has 25 heavy (non-hydrogen) atoms. The summed E-state index contributed by atoms with van der Waals surface area (Å²) in [5.74, 6) is 0.302. The predicted molar refractivity (Wildman–Crippen MR) is 94.6 cm³/mol. The Kier molecular flexibility index (Phi) is 4.25. The standard InChI is InChI=1S/C19H25N3O3/c1-21-16-5-3-2-4-15(16)19(18(21)24)6-9-22(10-7-19)17(23)12-14-13-20-8-11-25-14/h2-5,14,20H,6-13H2,1H3/t14-/m1/s1. The maximum absolute atomic E-state index is 12.9. The molecule has 1 aromatic carbocycles. The van der Waals surface area contributed by atoms with Gasteiger partial charge in [-0.05, 0) is 24.5 Å². The Labute approximate surface area is 148 Å². The fourth-order valence-electron chi connectivity index (χ4n) is 4.41. The minimum Gasteiger partial charge on any atom is -0.375 e. The fraction of sp³-hybridized carbons (Fsp3) is 0.579. The predicted octanol–water partition coefficient (Wildman–Crippen LogP) is 0.902. The third-order valence-corrected chi connectivity index (χ3v) is 5.87. The van der Waals surface area contributed by atoms with Crippen LogP contribution in [0.5, 0.6) is 0 Å². The summed E-state index contributed by atoms with van der Waals surface area (Å²) in [5, 5.41) is 3.26. The SMILES string of the molecule is CN1C(=O)C2(CCN(C(=O)C[C@@H]3CNCCO3)CC2)c2ccccc21. The first-order chi connectivity index (χ1) is 12.1. The van der Waals surface area contributed by atoms with Crippen molar-refractivity contribution in [1.29, 1.82) is 0 Å². The van der Waals surface area contributed by atoms with E-state index in [1.165, 1.54) is 0 Å². The minimum absolute atomic E-state index is 0.0305. The van der Waals surface area contributed by atoms with E-state index in [1.54, 1.807) is 4.90 Å². The molecule has 1 N–H and O–H groups in total. The van der Waals surface area contributed by atoms with Gasteiger partial charge in [-0.2, -0.15) is 0 Å². The second kappa shape index (κ2) is 6.42. The van der Waals surface area contributed by atoms with E-state index in [-0.39, 0.29) is 17.9 Å². The van der Waals surface area contributed by atoms with Crippen molar-refractivity contribution in [3.05, 3.63) is 29.8 Å². The zero-order valence-electron chi connectivity index (χ0n) is 14.7. The van der Waals surface area contributed by atoms with Crippen molar-refractivity contribution in [3.8, 4) is 0 Å². The van der Waals surface area contributed by atoms with Crippen molar-refractivity contribution in [3.63, 3.8) is 0 Å². The van der Waals surface area contributed by atoms with Crippen LogP contribution in [0.1, 0.15) is 24.8 Å². The largest absolute Gasteiger partial charge is 0.375 e. The van der Waals surface area contributed by atoms with Gasteiger partial charge in [-0.3, -0.25) is 9.59 Å². The molecule has 134 valence electrons. The molecule has 2 saturated heterocycles. The van der Waals surface area contributed by atoms with E-state index in [0.717, 1.165) is 24.3 Å². The number of carbonyl (C=O) groups is 2. The summed E-state index contributed by atoms with van der Waals surface area (Å²) in [4.78, 5) is 29.2. The van der Waals surface area contributed by atoms with Gasteiger partial charge in [0, 0.05) is 38.9 Å².